The molecule has 44 heavy (non-hydrogen) atoms. The third-order valence-corrected chi connectivity index (χ3v) is 7.75. The van der Waals surface area contributed by atoms with Gasteiger partial charge >= 0.3 is 30.1 Å². The van der Waals surface area contributed by atoms with Crippen molar-refractivity contribution in [1.29, 1.82) is 0 Å². The summed E-state index contributed by atoms with van der Waals surface area (Å²) in [5.74, 6) is -3.00. The summed E-state index contributed by atoms with van der Waals surface area (Å²) in [5.41, 5.74) is -1.18. The molecule has 0 bridgehead atoms. The van der Waals surface area contributed by atoms with Crippen LogP contribution < -0.4 is 0 Å². The van der Waals surface area contributed by atoms with Gasteiger partial charge in [-0.2, -0.15) is 0 Å². The highest BCUT2D eigenvalue weighted by molar-refractivity contribution is 5.83. The second-order valence-corrected chi connectivity index (χ2v) is 13.6. The monoisotopic (exact) mass is 628 g/mol. The molecule has 3 saturated heterocycles. The number of ether oxygens (including phenoxy) is 7. The van der Waals surface area contributed by atoms with Crippen molar-refractivity contribution in [3.8, 4) is 0 Å². The molecule has 0 spiro atoms. The Morgan fingerprint density at radius 1 is 0.727 bits per heavy atom. The molecule has 0 aromatic heterocycles. The van der Waals surface area contributed by atoms with Gasteiger partial charge in [0.05, 0.1) is 13.2 Å². The normalized spacial score (nSPS) is 24.4. The number of hydrogen-bond acceptors (Lipinski definition) is 11. The second-order valence-electron chi connectivity index (χ2n) is 13.6. The summed E-state index contributed by atoms with van der Waals surface area (Å²) in [6.45, 7) is 14.4. The number of nitrogens with zero attached hydrogens (tertiary/aromatic N) is 2. The van der Waals surface area contributed by atoms with E-state index < -0.39 is 53.2 Å². The first-order valence-electron chi connectivity index (χ1n) is 15.8. The van der Waals surface area contributed by atoms with Crippen LogP contribution >= 0.6 is 0 Å². The zero-order valence-electron chi connectivity index (χ0n) is 27.7. The molecule has 252 valence electrons. The van der Waals surface area contributed by atoms with Gasteiger partial charge in [-0.15, -0.1) is 0 Å². The number of hydrogen-bond donors (Lipinski definition) is 0. The maximum Gasteiger partial charge on any atom is 0.411 e. The average Bonchev–Trinajstić information content (AvgIpc) is 3.74. The van der Waals surface area contributed by atoms with Crippen molar-refractivity contribution in [1.82, 2.24) is 9.80 Å². The lowest BCUT2D eigenvalue weighted by Crippen LogP contribution is -2.47. The van der Waals surface area contributed by atoms with Crippen LogP contribution in [0.15, 0.2) is 0 Å². The molecule has 13 nitrogen and oxygen atoms in total. The number of methoxy groups -OCH3 is 1. The largest absolute Gasteiger partial charge is 0.444 e. The van der Waals surface area contributed by atoms with Crippen LogP contribution in [-0.2, 0) is 42.7 Å². The van der Waals surface area contributed by atoms with Gasteiger partial charge in [-0.3, -0.25) is 9.80 Å². The number of amides is 2. The van der Waals surface area contributed by atoms with Crippen molar-refractivity contribution < 1.29 is 52.3 Å². The van der Waals surface area contributed by atoms with Crippen molar-refractivity contribution in [2.24, 2.45) is 0 Å². The first kappa shape index (κ1) is 35.8. The van der Waals surface area contributed by atoms with Gasteiger partial charge in [0, 0.05) is 39.5 Å². The topological polar surface area (TPSA) is 139 Å². The minimum absolute atomic E-state index is 0.382. The Balaban J connectivity index is 0.000000240. The number of rotatable bonds is 6. The fraction of sp³-hybridized carbons (Fsp3) is 0.871. The molecule has 0 N–H and O–H groups in total. The summed E-state index contributed by atoms with van der Waals surface area (Å²) in [6.07, 6.45) is 5.54. The van der Waals surface area contributed by atoms with Crippen LogP contribution in [0.5, 0.6) is 0 Å². The quantitative estimate of drug-likeness (QED) is 0.226. The smallest absolute Gasteiger partial charge is 0.411 e. The van der Waals surface area contributed by atoms with E-state index in [4.69, 9.17) is 33.2 Å². The summed E-state index contributed by atoms with van der Waals surface area (Å²) in [6, 6.07) is -1.21. The summed E-state index contributed by atoms with van der Waals surface area (Å²) >= 11 is 0. The molecule has 2 amide bonds. The third kappa shape index (κ3) is 9.68. The molecule has 4 rings (SSSR count). The highest BCUT2D eigenvalue weighted by Crippen LogP contribution is 2.35. The van der Waals surface area contributed by atoms with Gasteiger partial charge in [-0.25, -0.2) is 19.2 Å². The third-order valence-electron chi connectivity index (χ3n) is 7.75. The van der Waals surface area contributed by atoms with Gasteiger partial charge < -0.3 is 33.2 Å². The molecule has 4 aliphatic rings. The molecule has 4 fully saturated rings. The van der Waals surface area contributed by atoms with Crippen LogP contribution in [0.4, 0.5) is 9.59 Å². The van der Waals surface area contributed by atoms with E-state index in [0.29, 0.717) is 58.4 Å². The van der Waals surface area contributed by atoms with Crippen molar-refractivity contribution >= 4 is 24.1 Å². The minimum atomic E-state index is -1.31. The van der Waals surface area contributed by atoms with Crippen molar-refractivity contribution in [3.05, 3.63) is 0 Å². The van der Waals surface area contributed by atoms with E-state index in [1.807, 2.05) is 27.7 Å². The standard InChI is InChI=1S/C16H27NO5.C15H25NO6/c1-15(2,3)22-14(19)17-11-7-8-12(17)13(18)21-16(20-4)9-5-6-10-16;1-5-15(19-9-10-20-15)21-12(17)11-7-6-8-16(11)13(18)22-14(2,3)4/h12H,5-11H2,1-4H3;11H,5-10H2,1-4H3. The molecular weight excluding hydrogens is 576 g/mol. The Morgan fingerprint density at radius 3 is 1.55 bits per heavy atom. The predicted octanol–water partition coefficient (Wildman–Crippen LogP) is 4.89. The van der Waals surface area contributed by atoms with E-state index in [9.17, 15) is 19.2 Å². The van der Waals surface area contributed by atoms with Crippen molar-refractivity contribution in [2.45, 2.75) is 141 Å². The molecular formula is C31H52N2O11. The summed E-state index contributed by atoms with van der Waals surface area (Å²) in [7, 11) is 1.57. The minimum Gasteiger partial charge on any atom is -0.444 e. The molecule has 3 heterocycles. The highest BCUT2D eigenvalue weighted by atomic mass is 16.9. The van der Waals surface area contributed by atoms with Crippen LogP contribution in [-0.4, -0.2) is 102 Å². The Morgan fingerprint density at radius 2 is 1.16 bits per heavy atom. The molecule has 3 aliphatic heterocycles. The zero-order chi connectivity index (χ0) is 32.8. The molecule has 0 radical (unpaired) electrons. The first-order chi connectivity index (χ1) is 20.5. The van der Waals surface area contributed by atoms with Gasteiger partial charge in [-0.1, -0.05) is 6.92 Å². The molecule has 2 atom stereocenters. The Kier molecular flexibility index (Phi) is 11.9. The molecule has 1 aliphatic carbocycles. The average molecular weight is 629 g/mol. The maximum atomic E-state index is 12.5. The summed E-state index contributed by atoms with van der Waals surface area (Å²) < 4.78 is 38.0. The summed E-state index contributed by atoms with van der Waals surface area (Å²) in [4.78, 5) is 52.2. The van der Waals surface area contributed by atoms with Crippen molar-refractivity contribution in [2.75, 3.05) is 33.4 Å². The fourth-order valence-electron chi connectivity index (χ4n) is 5.61. The Bertz CT molecular complexity index is 927. The van der Waals surface area contributed by atoms with Gasteiger partial charge in [0.25, 0.3) is 0 Å². The van der Waals surface area contributed by atoms with Crippen molar-refractivity contribution in [3.63, 3.8) is 0 Å². The second kappa shape index (κ2) is 14.6. The lowest BCUT2D eigenvalue weighted by Gasteiger charge is -2.31. The van der Waals surface area contributed by atoms with E-state index >= 15 is 0 Å². The van der Waals surface area contributed by atoms with Gasteiger partial charge in [-0.05, 0) is 80.1 Å². The van der Waals surface area contributed by atoms with Gasteiger partial charge in [0.15, 0.2) is 0 Å². The molecule has 1 saturated carbocycles. The lowest BCUT2D eigenvalue weighted by atomic mass is 10.2. The summed E-state index contributed by atoms with van der Waals surface area (Å²) in [5, 5.41) is 0. The van der Waals surface area contributed by atoms with Gasteiger partial charge in [0.2, 0.25) is 5.79 Å². The predicted molar refractivity (Wildman–Crippen MR) is 157 cm³/mol. The van der Waals surface area contributed by atoms with Crippen LogP contribution in [0.25, 0.3) is 0 Å². The van der Waals surface area contributed by atoms with Crippen LogP contribution in [0, 0.1) is 0 Å². The van der Waals surface area contributed by atoms with Crippen LogP contribution in [0.1, 0.15) is 106 Å². The first-order valence-corrected chi connectivity index (χ1v) is 15.8. The Labute approximate surface area is 261 Å². The molecule has 13 heteroatoms. The zero-order valence-corrected chi connectivity index (χ0v) is 27.7. The Hall–Kier alpha value is -2.64. The maximum absolute atomic E-state index is 12.5. The number of esters is 2. The highest BCUT2D eigenvalue weighted by Gasteiger charge is 2.46. The number of likely N-dealkylation sites (tertiary alicyclic amines) is 2. The van der Waals surface area contributed by atoms with Crippen LogP contribution in [0.3, 0.4) is 0 Å². The SMILES string of the molecule is CCC1(OC(=O)C2CCCN2C(=O)OC(C)(C)C)OCCO1.COC1(OC(=O)C2CCCN2C(=O)OC(C)(C)C)CCCC1. The van der Waals surface area contributed by atoms with E-state index in [1.165, 1.54) is 9.80 Å². The fourth-order valence-corrected chi connectivity index (χ4v) is 5.61. The number of carbonyl (C=O) groups excluding carboxylic acids is 4. The van der Waals surface area contributed by atoms with Gasteiger partial charge in [0.1, 0.15) is 23.3 Å². The van der Waals surface area contributed by atoms with E-state index in [1.54, 1.807) is 27.9 Å². The lowest BCUT2D eigenvalue weighted by molar-refractivity contribution is -0.315. The molecule has 2 unspecified atom stereocenters. The van der Waals surface area contributed by atoms with E-state index in [-0.39, 0.29) is 5.97 Å². The molecule has 0 aromatic rings. The number of carbonyl (C=O) groups is 4. The molecule has 0 aromatic carbocycles. The van der Waals surface area contributed by atoms with Crippen LogP contribution in [0.2, 0.25) is 0 Å². The van der Waals surface area contributed by atoms with E-state index in [0.717, 1.165) is 25.7 Å². The van der Waals surface area contributed by atoms with E-state index in [2.05, 4.69) is 0 Å².